The van der Waals surface area contributed by atoms with Crippen LogP contribution in [-0.2, 0) is 25.7 Å². The lowest BCUT2D eigenvalue weighted by atomic mass is 10.2. The SMILES string of the molecule is CS(=O)(=O)OCc1ccccc1.O=C1CSC(=O)N1. The summed E-state index contributed by atoms with van der Waals surface area (Å²) in [7, 11) is -3.32. The normalized spacial score (nSPS) is 14.6. The summed E-state index contributed by atoms with van der Waals surface area (Å²) >= 11 is 1.01. The van der Waals surface area contributed by atoms with Crippen LogP contribution in [0.3, 0.4) is 0 Å². The molecule has 1 aromatic carbocycles. The predicted octanol–water partition coefficient (Wildman–Crippen LogP) is 1.13. The van der Waals surface area contributed by atoms with Crippen molar-refractivity contribution in [3.05, 3.63) is 35.9 Å². The molecule has 0 spiro atoms. The van der Waals surface area contributed by atoms with Crippen molar-refractivity contribution in [2.75, 3.05) is 12.0 Å². The van der Waals surface area contributed by atoms with Crippen LogP contribution < -0.4 is 5.32 Å². The zero-order chi connectivity index (χ0) is 14.3. The second kappa shape index (κ2) is 7.27. The Balaban J connectivity index is 0.000000218. The van der Waals surface area contributed by atoms with Crippen LogP contribution >= 0.6 is 11.8 Å². The Bertz CT molecular complexity index is 527. The highest BCUT2D eigenvalue weighted by molar-refractivity contribution is 8.14. The smallest absolute Gasteiger partial charge is 0.286 e. The Labute approximate surface area is 115 Å². The van der Waals surface area contributed by atoms with Gasteiger partial charge in [0.05, 0.1) is 18.6 Å². The third-order valence-corrected chi connectivity index (χ3v) is 3.18. The summed E-state index contributed by atoms with van der Waals surface area (Å²) < 4.78 is 25.8. The van der Waals surface area contributed by atoms with Gasteiger partial charge in [0.15, 0.2) is 0 Å². The fourth-order valence-electron chi connectivity index (χ4n) is 1.07. The van der Waals surface area contributed by atoms with Gasteiger partial charge < -0.3 is 0 Å². The summed E-state index contributed by atoms with van der Waals surface area (Å²) in [5.74, 6) is 0.105. The highest BCUT2D eigenvalue weighted by Crippen LogP contribution is 2.06. The van der Waals surface area contributed by atoms with E-state index < -0.39 is 10.1 Å². The molecule has 0 atom stereocenters. The summed E-state index contributed by atoms with van der Waals surface area (Å²) in [6, 6.07) is 9.16. The van der Waals surface area contributed by atoms with Crippen molar-refractivity contribution in [1.29, 1.82) is 0 Å². The molecule has 1 aromatic rings. The van der Waals surface area contributed by atoms with Crippen molar-refractivity contribution in [3.8, 4) is 0 Å². The molecule has 8 heteroatoms. The molecule has 1 aliphatic rings. The van der Waals surface area contributed by atoms with Gasteiger partial charge in [0, 0.05) is 0 Å². The van der Waals surface area contributed by atoms with Crippen molar-refractivity contribution in [2.24, 2.45) is 0 Å². The molecule has 0 aromatic heterocycles. The van der Waals surface area contributed by atoms with Crippen LogP contribution in [0.4, 0.5) is 4.79 Å². The summed E-state index contributed by atoms with van der Waals surface area (Å²) in [6.07, 6.45) is 1.04. The Morgan fingerprint density at radius 3 is 2.26 bits per heavy atom. The number of thioether (sulfide) groups is 1. The first-order valence-corrected chi connectivity index (χ1v) is 8.02. The minimum absolute atomic E-state index is 0.111. The van der Waals surface area contributed by atoms with Crippen LogP contribution in [0, 0.1) is 0 Å². The van der Waals surface area contributed by atoms with Crippen LogP contribution in [0.15, 0.2) is 30.3 Å². The number of hydrogen-bond acceptors (Lipinski definition) is 6. The summed E-state index contributed by atoms with van der Waals surface area (Å²) in [5.41, 5.74) is 0.850. The zero-order valence-corrected chi connectivity index (χ0v) is 11.8. The van der Waals surface area contributed by atoms with E-state index in [2.05, 4.69) is 9.50 Å². The first-order valence-electron chi connectivity index (χ1n) is 5.22. The lowest BCUT2D eigenvalue weighted by Gasteiger charge is -1.99. The maximum atomic E-state index is 10.6. The van der Waals surface area contributed by atoms with E-state index in [4.69, 9.17) is 0 Å². The topological polar surface area (TPSA) is 89.5 Å². The van der Waals surface area contributed by atoms with E-state index >= 15 is 0 Å². The average molecular weight is 303 g/mol. The summed E-state index contributed by atoms with van der Waals surface area (Å²) in [4.78, 5) is 20.2. The molecule has 2 amide bonds. The molecule has 6 nitrogen and oxygen atoms in total. The molecule has 0 saturated carbocycles. The number of hydrogen-bond donors (Lipinski definition) is 1. The maximum Gasteiger partial charge on any atom is 0.286 e. The van der Waals surface area contributed by atoms with E-state index in [1.807, 2.05) is 30.3 Å². The molecule has 104 valence electrons. The number of carbonyl (C=O) groups is 2. The van der Waals surface area contributed by atoms with Crippen molar-refractivity contribution in [1.82, 2.24) is 5.32 Å². The minimum atomic E-state index is -3.32. The standard InChI is InChI=1S/C8H10O3S.C3H3NO2S/c1-12(9,10)11-7-8-5-3-2-4-6-8;5-2-1-7-3(6)4-2/h2-6H,7H2,1H3;1H2,(H,4,5,6). The highest BCUT2D eigenvalue weighted by atomic mass is 32.2. The van der Waals surface area contributed by atoms with Crippen LogP contribution in [-0.4, -0.2) is 31.6 Å². The van der Waals surface area contributed by atoms with E-state index in [0.717, 1.165) is 23.6 Å². The Morgan fingerprint density at radius 2 is 1.89 bits per heavy atom. The third-order valence-electron chi connectivity index (χ3n) is 1.86. The molecule has 0 bridgehead atoms. The van der Waals surface area contributed by atoms with Crippen molar-refractivity contribution in [3.63, 3.8) is 0 Å². The van der Waals surface area contributed by atoms with E-state index in [9.17, 15) is 18.0 Å². The van der Waals surface area contributed by atoms with Gasteiger partial charge >= 0.3 is 0 Å². The molecule has 1 fully saturated rings. The van der Waals surface area contributed by atoms with Gasteiger partial charge in [-0.2, -0.15) is 8.42 Å². The second-order valence-corrected chi connectivity index (χ2v) is 6.17. The molecule has 0 radical (unpaired) electrons. The number of amides is 2. The van der Waals surface area contributed by atoms with Gasteiger partial charge in [0.1, 0.15) is 0 Å². The Kier molecular flexibility index (Phi) is 6.00. The number of nitrogens with one attached hydrogen (secondary N) is 1. The minimum Gasteiger partial charge on any atom is -0.286 e. The fourth-order valence-corrected chi connectivity index (χ4v) is 1.94. The molecule has 2 rings (SSSR count). The molecule has 1 N–H and O–H groups in total. The van der Waals surface area contributed by atoms with E-state index in [0.29, 0.717) is 5.75 Å². The van der Waals surface area contributed by atoms with Gasteiger partial charge in [-0.25, -0.2) is 0 Å². The molecule has 1 saturated heterocycles. The van der Waals surface area contributed by atoms with Crippen LogP contribution in [0.2, 0.25) is 0 Å². The van der Waals surface area contributed by atoms with E-state index in [1.165, 1.54) is 0 Å². The maximum absolute atomic E-state index is 10.6. The van der Waals surface area contributed by atoms with Gasteiger partial charge in [-0.05, 0) is 5.56 Å². The lowest BCUT2D eigenvalue weighted by molar-refractivity contribution is -0.117. The predicted molar refractivity (Wildman–Crippen MR) is 72.1 cm³/mol. The van der Waals surface area contributed by atoms with Gasteiger partial charge in [0.2, 0.25) is 5.91 Å². The number of imide groups is 1. The summed E-state index contributed by atoms with van der Waals surface area (Å²) in [5, 5.41) is 1.87. The highest BCUT2D eigenvalue weighted by Gasteiger charge is 2.16. The van der Waals surface area contributed by atoms with Crippen molar-refractivity contribution >= 4 is 33.0 Å². The van der Waals surface area contributed by atoms with E-state index in [1.54, 1.807) is 0 Å². The van der Waals surface area contributed by atoms with Crippen LogP contribution in [0.25, 0.3) is 0 Å². The molecule has 1 heterocycles. The first kappa shape index (κ1) is 15.7. The Morgan fingerprint density at radius 1 is 1.26 bits per heavy atom. The lowest BCUT2D eigenvalue weighted by Crippen LogP contribution is -2.18. The van der Waals surface area contributed by atoms with Crippen molar-refractivity contribution < 1.29 is 22.2 Å². The number of rotatable bonds is 3. The second-order valence-electron chi connectivity index (χ2n) is 3.58. The number of carbonyl (C=O) groups excluding carboxylic acids is 2. The molecular weight excluding hydrogens is 290 g/mol. The average Bonchev–Trinajstić information content (AvgIpc) is 2.72. The van der Waals surface area contributed by atoms with Gasteiger partial charge in [-0.1, -0.05) is 42.1 Å². The zero-order valence-electron chi connectivity index (χ0n) is 10.2. The third kappa shape index (κ3) is 7.60. The molecule has 19 heavy (non-hydrogen) atoms. The van der Waals surface area contributed by atoms with Crippen molar-refractivity contribution in [2.45, 2.75) is 6.61 Å². The van der Waals surface area contributed by atoms with Crippen LogP contribution in [0.1, 0.15) is 5.56 Å². The van der Waals surface area contributed by atoms with Crippen LogP contribution in [0.5, 0.6) is 0 Å². The summed E-state index contributed by atoms with van der Waals surface area (Å²) in [6.45, 7) is 0.111. The fraction of sp³-hybridized carbons (Fsp3) is 0.273. The molecule has 0 unspecified atom stereocenters. The molecule has 0 aliphatic carbocycles. The quantitative estimate of drug-likeness (QED) is 0.842. The number of benzene rings is 1. The largest absolute Gasteiger partial charge is 0.286 e. The monoisotopic (exact) mass is 303 g/mol. The van der Waals surface area contributed by atoms with E-state index in [-0.39, 0.29) is 17.8 Å². The molecule has 1 aliphatic heterocycles. The van der Waals surface area contributed by atoms with Gasteiger partial charge in [-0.3, -0.25) is 19.1 Å². The Hall–Kier alpha value is -1.38. The molecular formula is C11H13NO5S2. The van der Waals surface area contributed by atoms with Gasteiger partial charge in [-0.15, -0.1) is 0 Å². The van der Waals surface area contributed by atoms with Gasteiger partial charge in [0.25, 0.3) is 15.4 Å². The first-order chi connectivity index (χ1) is 8.87.